The number of nitrogens with zero attached hydrogens (tertiary/aromatic N) is 3. The van der Waals surface area contributed by atoms with E-state index in [9.17, 15) is 0 Å². The second-order valence-electron chi connectivity index (χ2n) is 3.60. The van der Waals surface area contributed by atoms with Crippen LogP contribution in [0.25, 0.3) is 0 Å². The molecule has 2 heterocycles. The van der Waals surface area contributed by atoms with Crippen molar-refractivity contribution in [1.29, 1.82) is 0 Å². The topological polar surface area (TPSA) is 96.5 Å². The Morgan fingerprint density at radius 3 is 3.31 bits per heavy atom. The first kappa shape index (κ1) is 11.7. The maximum Gasteiger partial charge on any atom is 0.148 e. The SMILES string of the molecule is NNc1snnc1CN1CCOC(CO)C1. The van der Waals surface area contributed by atoms with Gasteiger partial charge in [-0.3, -0.25) is 4.90 Å². The van der Waals surface area contributed by atoms with Crippen LogP contribution < -0.4 is 11.3 Å². The Labute approximate surface area is 97.3 Å². The average molecular weight is 245 g/mol. The van der Waals surface area contributed by atoms with Gasteiger partial charge in [0.05, 0.1) is 19.3 Å². The number of ether oxygens (including phenoxy) is 1. The zero-order valence-corrected chi connectivity index (χ0v) is 9.61. The summed E-state index contributed by atoms with van der Waals surface area (Å²) in [6.07, 6.45) is -0.102. The predicted molar refractivity (Wildman–Crippen MR) is 59.8 cm³/mol. The predicted octanol–water partition coefficient (Wildman–Crippen LogP) is -0.983. The lowest BCUT2D eigenvalue weighted by Crippen LogP contribution is -2.43. The summed E-state index contributed by atoms with van der Waals surface area (Å²) in [4.78, 5) is 2.17. The third-order valence-corrected chi connectivity index (χ3v) is 3.19. The van der Waals surface area contributed by atoms with E-state index < -0.39 is 0 Å². The van der Waals surface area contributed by atoms with Gasteiger partial charge in [-0.25, -0.2) is 5.84 Å². The van der Waals surface area contributed by atoms with Gasteiger partial charge in [-0.05, 0) is 0 Å². The normalized spacial score (nSPS) is 22.2. The van der Waals surface area contributed by atoms with Crippen LogP contribution in [0.1, 0.15) is 5.69 Å². The number of rotatable bonds is 4. The molecule has 90 valence electrons. The maximum atomic E-state index is 9.03. The van der Waals surface area contributed by atoms with Crippen LogP contribution in [0.2, 0.25) is 0 Å². The summed E-state index contributed by atoms with van der Waals surface area (Å²) in [6, 6.07) is 0. The minimum Gasteiger partial charge on any atom is -0.394 e. The van der Waals surface area contributed by atoms with Crippen molar-refractivity contribution in [3.05, 3.63) is 5.69 Å². The quantitative estimate of drug-likeness (QED) is 0.463. The molecule has 0 aromatic carbocycles. The van der Waals surface area contributed by atoms with Gasteiger partial charge in [-0.2, -0.15) is 0 Å². The highest BCUT2D eigenvalue weighted by atomic mass is 32.1. The minimum atomic E-state index is -0.102. The molecule has 1 fully saturated rings. The molecule has 0 saturated carbocycles. The van der Waals surface area contributed by atoms with Crippen molar-refractivity contribution in [3.63, 3.8) is 0 Å². The fraction of sp³-hybridized carbons (Fsp3) is 0.750. The zero-order valence-electron chi connectivity index (χ0n) is 8.80. The molecule has 1 aliphatic heterocycles. The van der Waals surface area contributed by atoms with Crippen LogP contribution in [0, 0.1) is 0 Å². The molecule has 8 heteroatoms. The van der Waals surface area contributed by atoms with E-state index >= 15 is 0 Å². The lowest BCUT2D eigenvalue weighted by Gasteiger charge is -2.31. The molecule has 16 heavy (non-hydrogen) atoms. The van der Waals surface area contributed by atoms with Crippen LogP contribution in [0.15, 0.2) is 0 Å². The fourth-order valence-corrected chi connectivity index (χ4v) is 2.15. The number of aliphatic hydroxyl groups is 1. The van der Waals surface area contributed by atoms with E-state index in [4.69, 9.17) is 15.7 Å². The number of hydrogen-bond donors (Lipinski definition) is 3. The van der Waals surface area contributed by atoms with Crippen LogP contribution >= 0.6 is 11.5 Å². The van der Waals surface area contributed by atoms with Crippen molar-refractivity contribution in [3.8, 4) is 0 Å². The molecule has 1 saturated heterocycles. The fourth-order valence-electron chi connectivity index (χ4n) is 1.67. The highest BCUT2D eigenvalue weighted by Crippen LogP contribution is 2.18. The standard InChI is InChI=1S/C8H15N5O2S/c9-10-8-7(11-12-16-8)4-13-1-2-15-6(3-13)5-14/h6,10,14H,1-5,9H2. The molecule has 0 bridgehead atoms. The second kappa shape index (κ2) is 5.51. The Hall–Kier alpha value is -0.800. The van der Waals surface area contributed by atoms with Crippen LogP contribution in [0.5, 0.6) is 0 Å². The summed E-state index contributed by atoms with van der Waals surface area (Å²) in [6.45, 7) is 2.90. The Morgan fingerprint density at radius 2 is 2.56 bits per heavy atom. The van der Waals surface area contributed by atoms with Crippen molar-refractivity contribution in [2.24, 2.45) is 5.84 Å². The molecule has 0 radical (unpaired) electrons. The first-order valence-corrected chi connectivity index (χ1v) is 5.83. The van der Waals surface area contributed by atoms with Crippen molar-refractivity contribution >= 4 is 16.5 Å². The molecule has 0 aliphatic carbocycles. The number of aliphatic hydroxyl groups excluding tert-OH is 1. The molecule has 1 aliphatic rings. The zero-order chi connectivity index (χ0) is 11.4. The second-order valence-corrected chi connectivity index (χ2v) is 4.36. The Morgan fingerprint density at radius 1 is 1.69 bits per heavy atom. The number of nitrogens with two attached hydrogens (primary N) is 1. The number of hydrogen-bond acceptors (Lipinski definition) is 8. The Bertz CT molecular complexity index is 334. The first-order valence-electron chi connectivity index (χ1n) is 5.06. The molecular weight excluding hydrogens is 230 g/mol. The summed E-state index contributed by atoms with van der Waals surface area (Å²) in [5.74, 6) is 5.35. The minimum absolute atomic E-state index is 0.0494. The molecule has 4 N–H and O–H groups in total. The van der Waals surface area contributed by atoms with E-state index in [-0.39, 0.29) is 12.7 Å². The van der Waals surface area contributed by atoms with E-state index in [1.54, 1.807) is 0 Å². The first-order chi connectivity index (χ1) is 7.83. The average Bonchev–Trinajstić information content (AvgIpc) is 2.76. The van der Waals surface area contributed by atoms with E-state index in [0.717, 1.165) is 17.2 Å². The van der Waals surface area contributed by atoms with E-state index in [2.05, 4.69) is 19.9 Å². The molecular formula is C8H15N5O2S. The summed E-state index contributed by atoms with van der Waals surface area (Å²) >= 11 is 1.24. The number of anilines is 1. The lowest BCUT2D eigenvalue weighted by molar-refractivity contribution is -0.0553. The summed E-state index contributed by atoms with van der Waals surface area (Å²) < 4.78 is 9.21. The highest BCUT2D eigenvalue weighted by Gasteiger charge is 2.21. The van der Waals surface area contributed by atoms with Crippen LogP contribution in [-0.2, 0) is 11.3 Å². The van der Waals surface area contributed by atoms with Crippen molar-refractivity contribution in [2.75, 3.05) is 31.7 Å². The third-order valence-electron chi connectivity index (χ3n) is 2.49. The van der Waals surface area contributed by atoms with Gasteiger partial charge in [0.25, 0.3) is 0 Å². The number of aromatic nitrogens is 2. The molecule has 0 spiro atoms. The molecule has 1 atom stereocenters. The smallest absolute Gasteiger partial charge is 0.148 e. The van der Waals surface area contributed by atoms with Gasteiger partial charge in [-0.1, -0.05) is 4.49 Å². The lowest BCUT2D eigenvalue weighted by atomic mass is 10.2. The molecule has 1 aromatic rings. The van der Waals surface area contributed by atoms with E-state index in [0.29, 0.717) is 19.7 Å². The Kier molecular flexibility index (Phi) is 4.02. The van der Waals surface area contributed by atoms with Crippen molar-refractivity contribution < 1.29 is 9.84 Å². The van der Waals surface area contributed by atoms with Crippen molar-refractivity contribution in [1.82, 2.24) is 14.5 Å². The van der Waals surface area contributed by atoms with Gasteiger partial charge in [0.2, 0.25) is 0 Å². The highest BCUT2D eigenvalue weighted by molar-refractivity contribution is 7.10. The number of nitrogen functional groups attached to an aromatic ring is 1. The van der Waals surface area contributed by atoms with Gasteiger partial charge >= 0.3 is 0 Å². The summed E-state index contributed by atoms with van der Waals surface area (Å²) in [5.41, 5.74) is 3.42. The molecule has 1 unspecified atom stereocenters. The molecule has 1 aromatic heterocycles. The number of nitrogens with one attached hydrogen (secondary N) is 1. The van der Waals surface area contributed by atoms with Gasteiger partial charge in [-0.15, -0.1) is 5.10 Å². The Balaban J connectivity index is 1.93. The number of hydrazine groups is 1. The van der Waals surface area contributed by atoms with E-state index in [1.807, 2.05) is 0 Å². The third kappa shape index (κ3) is 2.66. The van der Waals surface area contributed by atoms with Crippen LogP contribution in [0.3, 0.4) is 0 Å². The van der Waals surface area contributed by atoms with Gasteiger partial charge in [0.15, 0.2) is 0 Å². The van der Waals surface area contributed by atoms with Gasteiger partial charge < -0.3 is 15.3 Å². The largest absolute Gasteiger partial charge is 0.394 e. The van der Waals surface area contributed by atoms with E-state index in [1.165, 1.54) is 11.5 Å². The summed E-state index contributed by atoms with van der Waals surface area (Å²) in [7, 11) is 0. The summed E-state index contributed by atoms with van der Waals surface area (Å²) in [5, 5.41) is 13.8. The number of morpholine rings is 1. The monoisotopic (exact) mass is 245 g/mol. The molecule has 0 amide bonds. The van der Waals surface area contributed by atoms with Gasteiger partial charge in [0.1, 0.15) is 10.7 Å². The molecule has 7 nitrogen and oxygen atoms in total. The van der Waals surface area contributed by atoms with Crippen molar-refractivity contribution in [2.45, 2.75) is 12.6 Å². The maximum absolute atomic E-state index is 9.03. The van der Waals surface area contributed by atoms with Crippen LogP contribution in [-0.4, -0.2) is 52.0 Å². The van der Waals surface area contributed by atoms with Crippen LogP contribution in [0.4, 0.5) is 5.00 Å². The molecule has 2 rings (SSSR count). The van der Waals surface area contributed by atoms with Gasteiger partial charge in [0, 0.05) is 31.2 Å².